The van der Waals surface area contributed by atoms with Crippen LogP contribution in [-0.2, 0) is 28.5 Å². The number of methoxy groups -OCH3 is 1. The van der Waals surface area contributed by atoms with E-state index in [0.29, 0.717) is 12.8 Å². The molecule has 1 aliphatic rings. The average molecular weight is 375 g/mol. The first-order chi connectivity index (χ1) is 12.4. The van der Waals surface area contributed by atoms with Crippen molar-refractivity contribution in [3.8, 4) is 5.75 Å². The molecule has 1 aliphatic carbocycles. The summed E-state index contributed by atoms with van der Waals surface area (Å²) in [4.78, 5) is 0. The molecule has 2 N–H and O–H groups in total. The van der Waals surface area contributed by atoms with Crippen molar-refractivity contribution in [2.75, 3.05) is 19.4 Å². The smallest absolute Gasteiger partial charge is 0.212 e. The Hall–Kier alpha value is -1.89. The lowest BCUT2D eigenvalue weighted by Crippen LogP contribution is -2.43. The molecule has 0 spiro atoms. The van der Waals surface area contributed by atoms with Crippen LogP contribution in [0.4, 0.5) is 0 Å². The Morgan fingerprint density at radius 3 is 2.69 bits per heavy atom. The van der Waals surface area contributed by atoms with E-state index in [2.05, 4.69) is 4.72 Å². The first kappa shape index (κ1) is 18.9. The third-order valence-corrected chi connectivity index (χ3v) is 6.26. The van der Waals surface area contributed by atoms with Gasteiger partial charge in [0, 0.05) is 6.54 Å². The molecule has 0 bridgehead atoms. The van der Waals surface area contributed by atoms with Gasteiger partial charge in [-0.15, -0.1) is 0 Å². The van der Waals surface area contributed by atoms with Crippen LogP contribution in [0.5, 0.6) is 5.75 Å². The van der Waals surface area contributed by atoms with Gasteiger partial charge in [0.1, 0.15) is 11.4 Å². The van der Waals surface area contributed by atoms with Crippen LogP contribution in [0, 0.1) is 0 Å². The molecule has 2 aromatic carbocycles. The molecular weight excluding hydrogens is 350 g/mol. The predicted molar refractivity (Wildman–Crippen MR) is 102 cm³/mol. The summed E-state index contributed by atoms with van der Waals surface area (Å²) in [6.45, 7) is -0.0105. The summed E-state index contributed by atoms with van der Waals surface area (Å²) in [5.74, 6) is 0.749. The maximum atomic E-state index is 12.4. The van der Waals surface area contributed by atoms with Gasteiger partial charge in [0.05, 0.1) is 12.9 Å². The molecule has 140 valence electrons. The van der Waals surface area contributed by atoms with Crippen molar-refractivity contribution in [1.82, 2.24) is 4.72 Å². The van der Waals surface area contributed by atoms with E-state index in [-0.39, 0.29) is 12.3 Å². The van der Waals surface area contributed by atoms with Crippen molar-refractivity contribution in [2.45, 2.75) is 31.3 Å². The molecule has 2 aromatic rings. The zero-order valence-electron chi connectivity index (χ0n) is 14.9. The van der Waals surface area contributed by atoms with Gasteiger partial charge in [-0.1, -0.05) is 36.4 Å². The lowest BCUT2D eigenvalue weighted by molar-refractivity contribution is 0.0242. The number of aryl methyl sites for hydroxylation is 2. The monoisotopic (exact) mass is 375 g/mol. The Kier molecular flexibility index (Phi) is 5.65. The molecule has 0 amide bonds. The highest BCUT2D eigenvalue weighted by Crippen LogP contribution is 2.36. The van der Waals surface area contributed by atoms with Gasteiger partial charge in [0.15, 0.2) is 0 Å². The molecule has 1 atom stereocenters. The second-order valence-corrected chi connectivity index (χ2v) is 8.71. The average Bonchev–Trinajstić information content (AvgIpc) is 2.66. The van der Waals surface area contributed by atoms with Gasteiger partial charge >= 0.3 is 0 Å². The van der Waals surface area contributed by atoms with Gasteiger partial charge in [-0.2, -0.15) is 0 Å². The minimum atomic E-state index is -3.47. The molecule has 0 saturated carbocycles. The summed E-state index contributed by atoms with van der Waals surface area (Å²) in [6.07, 6.45) is 2.65. The van der Waals surface area contributed by atoms with E-state index in [0.717, 1.165) is 35.3 Å². The maximum absolute atomic E-state index is 12.4. The van der Waals surface area contributed by atoms with Gasteiger partial charge in [-0.25, -0.2) is 13.1 Å². The van der Waals surface area contributed by atoms with Crippen LogP contribution in [0.2, 0.25) is 0 Å². The molecule has 26 heavy (non-hydrogen) atoms. The first-order valence-corrected chi connectivity index (χ1v) is 10.5. The molecule has 0 saturated heterocycles. The Morgan fingerprint density at radius 1 is 1.19 bits per heavy atom. The number of ether oxygens (including phenoxy) is 1. The third kappa shape index (κ3) is 4.44. The third-order valence-electron chi connectivity index (χ3n) is 4.94. The van der Waals surface area contributed by atoms with Gasteiger partial charge in [-0.05, 0) is 54.5 Å². The number of rotatable bonds is 7. The van der Waals surface area contributed by atoms with Crippen molar-refractivity contribution in [3.05, 3.63) is 65.2 Å². The molecule has 0 aromatic heterocycles. The maximum Gasteiger partial charge on any atom is 0.212 e. The Morgan fingerprint density at radius 2 is 1.96 bits per heavy atom. The van der Waals surface area contributed by atoms with Gasteiger partial charge in [0.25, 0.3) is 0 Å². The van der Waals surface area contributed by atoms with Crippen molar-refractivity contribution < 1.29 is 18.3 Å². The number of aliphatic hydroxyl groups is 1. The largest absolute Gasteiger partial charge is 0.497 e. The number of hydrogen-bond acceptors (Lipinski definition) is 4. The number of nitrogens with one attached hydrogen (secondary N) is 1. The van der Waals surface area contributed by atoms with Crippen molar-refractivity contribution in [2.24, 2.45) is 0 Å². The van der Waals surface area contributed by atoms with Crippen LogP contribution in [0.1, 0.15) is 29.5 Å². The number of fused-ring (bicyclic) bond motifs is 1. The van der Waals surface area contributed by atoms with Crippen LogP contribution in [0.15, 0.2) is 48.5 Å². The van der Waals surface area contributed by atoms with E-state index in [1.54, 1.807) is 13.2 Å². The van der Waals surface area contributed by atoms with Crippen LogP contribution in [0.25, 0.3) is 0 Å². The molecule has 5 nitrogen and oxygen atoms in total. The Labute approximate surface area is 155 Å². The van der Waals surface area contributed by atoms with Gasteiger partial charge in [-0.3, -0.25) is 0 Å². The summed E-state index contributed by atoms with van der Waals surface area (Å²) < 4.78 is 32.6. The standard InChI is InChI=1S/C20H25NO4S/c1-25-18-9-10-19-17(14-18)8-5-12-20(19,22)15-21-26(23,24)13-11-16-6-3-2-4-7-16/h2-4,6-7,9-10,14,21-22H,5,8,11-13,15H2,1H3. The van der Waals surface area contributed by atoms with Crippen LogP contribution < -0.4 is 9.46 Å². The molecule has 0 radical (unpaired) electrons. The quantitative estimate of drug-likeness (QED) is 0.779. The normalized spacial score (nSPS) is 19.8. The van der Waals surface area contributed by atoms with Gasteiger partial charge in [0.2, 0.25) is 10.0 Å². The van der Waals surface area contributed by atoms with E-state index in [9.17, 15) is 13.5 Å². The van der Waals surface area contributed by atoms with Crippen LogP contribution in [0.3, 0.4) is 0 Å². The second kappa shape index (κ2) is 7.78. The Balaban J connectivity index is 1.67. The topological polar surface area (TPSA) is 75.6 Å². The fraction of sp³-hybridized carbons (Fsp3) is 0.400. The Bertz CT molecular complexity index is 851. The second-order valence-electron chi connectivity index (χ2n) is 6.78. The molecular formula is C20H25NO4S. The minimum absolute atomic E-state index is 0.00254. The summed E-state index contributed by atoms with van der Waals surface area (Å²) >= 11 is 0. The van der Waals surface area contributed by atoms with E-state index in [1.165, 1.54) is 0 Å². The van der Waals surface area contributed by atoms with Crippen molar-refractivity contribution >= 4 is 10.0 Å². The summed E-state index contributed by atoms with van der Waals surface area (Å²) in [6, 6.07) is 15.1. The minimum Gasteiger partial charge on any atom is -0.497 e. The highest BCUT2D eigenvalue weighted by Gasteiger charge is 2.35. The highest BCUT2D eigenvalue weighted by molar-refractivity contribution is 7.89. The zero-order valence-corrected chi connectivity index (χ0v) is 15.8. The number of sulfonamides is 1. The van der Waals surface area contributed by atoms with E-state index in [1.807, 2.05) is 42.5 Å². The van der Waals surface area contributed by atoms with E-state index in [4.69, 9.17) is 4.74 Å². The zero-order chi connectivity index (χ0) is 18.6. The van der Waals surface area contributed by atoms with Crippen molar-refractivity contribution in [3.63, 3.8) is 0 Å². The SMILES string of the molecule is COc1ccc2c(c1)CCCC2(O)CNS(=O)(=O)CCc1ccccc1. The molecule has 1 unspecified atom stereocenters. The van der Waals surface area contributed by atoms with Crippen molar-refractivity contribution in [1.29, 1.82) is 0 Å². The highest BCUT2D eigenvalue weighted by atomic mass is 32.2. The fourth-order valence-electron chi connectivity index (χ4n) is 3.45. The first-order valence-electron chi connectivity index (χ1n) is 8.83. The van der Waals surface area contributed by atoms with Crippen LogP contribution >= 0.6 is 0 Å². The summed E-state index contributed by atoms with van der Waals surface area (Å²) in [5, 5.41) is 11.1. The number of benzene rings is 2. The lowest BCUT2D eigenvalue weighted by atomic mass is 9.79. The predicted octanol–water partition coefficient (Wildman–Crippen LogP) is 2.38. The fourth-order valence-corrected chi connectivity index (χ4v) is 4.55. The molecule has 0 heterocycles. The van der Waals surface area contributed by atoms with Crippen LogP contribution in [-0.4, -0.2) is 32.9 Å². The lowest BCUT2D eigenvalue weighted by Gasteiger charge is -2.34. The molecule has 3 rings (SSSR count). The van der Waals surface area contributed by atoms with E-state index >= 15 is 0 Å². The van der Waals surface area contributed by atoms with Gasteiger partial charge < -0.3 is 9.84 Å². The molecule has 0 fully saturated rings. The molecule has 6 heteroatoms. The number of hydrogen-bond donors (Lipinski definition) is 2. The summed E-state index contributed by atoms with van der Waals surface area (Å²) in [7, 11) is -1.86. The summed E-state index contributed by atoms with van der Waals surface area (Å²) in [5.41, 5.74) is 1.60. The van der Waals surface area contributed by atoms with E-state index < -0.39 is 15.6 Å². The molecule has 0 aliphatic heterocycles.